The maximum Gasteiger partial charge on any atom is 0.224 e. The second-order valence-electron chi connectivity index (χ2n) is 6.92. The summed E-state index contributed by atoms with van der Waals surface area (Å²) in [5, 5.41) is 22.4. The Labute approximate surface area is 162 Å². The third-order valence-electron chi connectivity index (χ3n) is 4.89. The molecule has 0 amide bonds. The van der Waals surface area contributed by atoms with E-state index in [9.17, 15) is 5.26 Å². The van der Waals surface area contributed by atoms with E-state index in [1.54, 1.807) is 17.1 Å². The fraction of sp³-hybridized carbons (Fsp3) is 0.300. The second-order valence-corrected chi connectivity index (χ2v) is 6.92. The van der Waals surface area contributed by atoms with E-state index < -0.39 is 0 Å². The number of benzene rings is 1. The third-order valence-corrected chi connectivity index (χ3v) is 4.89. The number of allylic oxidation sites excluding steroid dienone is 1. The van der Waals surface area contributed by atoms with Gasteiger partial charge in [0, 0.05) is 0 Å². The highest BCUT2D eigenvalue weighted by atomic mass is 16.5. The minimum absolute atomic E-state index is 0.112. The van der Waals surface area contributed by atoms with Crippen molar-refractivity contribution in [2.24, 2.45) is 5.73 Å². The molecular formula is C20H21N7O. The van der Waals surface area contributed by atoms with E-state index in [0.29, 0.717) is 11.5 Å². The van der Waals surface area contributed by atoms with Crippen LogP contribution in [0, 0.1) is 11.3 Å². The Morgan fingerprint density at radius 2 is 2.04 bits per heavy atom. The topological polar surface area (TPSA) is 108 Å². The molecule has 1 atom stereocenters. The van der Waals surface area contributed by atoms with Crippen LogP contribution in [0.3, 0.4) is 0 Å². The molecule has 142 valence electrons. The van der Waals surface area contributed by atoms with E-state index in [2.05, 4.69) is 16.4 Å². The summed E-state index contributed by atoms with van der Waals surface area (Å²) in [5.74, 6) is 0.430. The molecule has 0 spiro atoms. The van der Waals surface area contributed by atoms with Gasteiger partial charge in [-0.15, -0.1) is 5.10 Å². The zero-order valence-corrected chi connectivity index (χ0v) is 16.0. The van der Waals surface area contributed by atoms with Crippen molar-refractivity contribution in [2.75, 3.05) is 0 Å². The standard InChI is InChI=1S/C20H21N7O/c1-4-16-18-17(13-5-7-14(8-6-13)26-10-9-23-25-26)15(11-21)19(22)28-20(18)27(24-16)12(2)3/h5-10,12,17H,4,22H2,1-3H3. The molecule has 1 aliphatic rings. The molecule has 28 heavy (non-hydrogen) atoms. The Bertz CT molecular complexity index is 1070. The molecule has 3 heterocycles. The van der Waals surface area contributed by atoms with E-state index in [0.717, 1.165) is 28.9 Å². The fourth-order valence-corrected chi connectivity index (χ4v) is 3.54. The van der Waals surface area contributed by atoms with Crippen LogP contribution in [0.2, 0.25) is 0 Å². The first-order valence-corrected chi connectivity index (χ1v) is 9.20. The number of fused-ring (bicyclic) bond motifs is 1. The summed E-state index contributed by atoms with van der Waals surface area (Å²) in [7, 11) is 0. The number of nitrogens with zero attached hydrogens (tertiary/aromatic N) is 6. The number of nitriles is 1. The summed E-state index contributed by atoms with van der Waals surface area (Å²) in [5.41, 5.74) is 10.2. The first kappa shape index (κ1) is 17.8. The average Bonchev–Trinajstić information content (AvgIpc) is 3.35. The minimum atomic E-state index is -0.319. The van der Waals surface area contributed by atoms with Gasteiger partial charge in [-0.25, -0.2) is 9.36 Å². The first-order valence-electron chi connectivity index (χ1n) is 9.20. The van der Waals surface area contributed by atoms with Gasteiger partial charge < -0.3 is 10.5 Å². The van der Waals surface area contributed by atoms with E-state index >= 15 is 0 Å². The lowest BCUT2D eigenvalue weighted by molar-refractivity contribution is 0.334. The van der Waals surface area contributed by atoms with Crippen molar-refractivity contribution in [3.8, 4) is 17.6 Å². The number of hydrogen-bond acceptors (Lipinski definition) is 6. The molecule has 8 nitrogen and oxygen atoms in total. The van der Waals surface area contributed by atoms with Crippen LogP contribution in [0.25, 0.3) is 5.69 Å². The Morgan fingerprint density at radius 1 is 1.29 bits per heavy atom. The van der Waals surface area contributed by atoms with Crippen LogP contribution in [0.15, 0.2) is 48.1 Å². The predicted molar refractivity (Wildman–Crippen MR) is 103 cm³/mol. The van der Waals surface area contributed by atoms with Gasteiger partial charge >= 0.3 is 0 Å². The lowest BCUT2D eigenvalue weighted by atomic mass is 9.83. The van der Waals surface area contributed by atoms with Gasteiger partial charge in [-0.2, -0.15) is 10.4 Å². The first-order chi connectivity index (χ1) is 13.5. The van der Waals surface area contributed by atoms with Crippen molar-refractivity contribution >= 4 is 0 Å². The highest BCUT2D eigenvalue weighted by Gasteiger charge is 2.36. The molecule has 2 N–H and O–H groups in total. The summed E-state index contributed by atoms with van der Waals surface area (Å²) in [6, 6.07) is 10.2. The van der Waals surface area contributed by atoms with Crippen LogP contribution in [0.1, 0.15) is 49.6 Å². The highest BCUT2D eigenvalue weighted by Crippen LogP contribution is 2.45. The van der Waals surface area contributed by atoms with Crippen LogP contribution < -0.4 is 10.5 Å². The second kappa shape index (κ2) is 6.85. The van der Waals surface area contributed by atoms with E-state index in [-0.39, 0.29) is 17.8 Å². The minimum Gasteiger partial charge on any atom is -0.422 e. The monoisotopic (exact) mass is 375 g/mol. The zero-order valence-electron chi connectivity index (χ0n) is 16.0. The quantitative estimate of drug-likeness (QED) is 0.751. The molecule has 2 aromatic heterocycles. The van der Waals surface area contributed by atoms with Gasteiger partial charge in [-0.05, 0) is 38.0 Å². The van der Waals surface area contributed by atoms with Gasteiger partial charge in [-0.1, -0.05) is 24.3 Å². The molecular weight excluding hydrogens is 354 g/mol. The zero-order chi connectivity index (χ0) is 19.8. The van der Waals surface area contributed by atoms with Gasteiger partial charge in [0.15, 0.2) is 0 Å². The molecule has 3 aromatic rings. The van der Waals surface area contributed by atoms with Crippen molar-refractivity contribution in [3.63, 3.8) is 0 Å². The van der Waals surface area contributed by atoms with Gasteiger partial charge in [-0.3, -0.25) is 0 Å². The maximum atomic E-state index is 9.79. The summed E-state index contributed by atoms with van der Waals surface area (Å²) in [4.78, 5) is 0. The molecule has 4 rings (SSSR count). The molecule has 0 fully saturated rings. The van der Waals surface area contributed by atoms with Crippen LogP contribution in [-0.4, -0.2) is 24.8 Å². The Kier molecular flexibility index (Phi) is 4.35. The van der Waals surface area contributed by atoms with Crippen molar-refractivity contribution in [2.45, 2.75) is 39.2 Å². The van der Waals surface area contributed by atoms with Gasteiger partial charge in [0.2, 0.25) is 11.8 Å². The van der Waals surface area contributed by atoms with Crippen molar-refractivity contribution in [1.82, 2.24) is 24.8 Å². The molecule has 1 aromatic carbocycles. The Hall–Kier alpha value is -3.60. The highest BCUT2D eigenvalue weighted by molar-refractivity contribution is 5.56. The van der Waals surface area contributed by atoms with E-state index in [4.69, 9.17) is 15.6 Å². The van der Waals surface area contributed by atoms with Crippen LogP contribution in [-0.2, 0) is 6.42 Å². The Balaban J connectivity index is 1.87. The molecule has 0 radical (unpaired) electrons. The molecule has 0 bridgehead atoms. The average molecular weight is 375 g/mol. The number of rotatable bonds is 4. The number of ether oxygens (including phenoxy) is 1. The summed E-state index contributed by atoms with van der Waals surface area (Å²) in [6.45, 7) is 6.13. The Morgan fingerprint density at radius 3 is 2.61 bits per heavy atom. The van der Waals surface area contributed by atoms with Crippen LogP contribution in [0.5, 0.6) is 5.88 Å². The summed E-state index contributed by atoms with van der Waals surface area (Å²) in [6.07, 6.45) is 4.14. The number of aryl methyl sites for hydroxylation is 1. The smallest absolute Gasteiger partial charge is 0.224 e. The number of nitrogens with two attached hydrogens (primary N) is 1. The largest absolute Gasteiger partial charge is 0.422 e. The normalized spacial score (nSPS) is 16.0. The van der Waals surface area contributed by atoms with E-state index in [1.807, 2.05) is 49.7 Å². The van der Waals surface area contributed by atoms with E-state index in [1.165, 1.54) is 0 Å². The van der Waals surface area contributed by atoms with Gasteiger partial charge in [0.25, 0.3) is 0 Å². The van der Waals surface area contributed by atoms with Crippen molar-refractivity contribution < 1.29 is 4.74 Å². The van der Waals surface area contributed by atoms with Crippen molar-refractivity contribution in [3.05, 3.63) is 64.9 Å². The van der Waals surface area contributed by atoms with Crippen LogP contribution in [0.4, 0.5) is 0 Å². The third kappa shape index (κ3) is 2.72. The van der Waals surface area contributed by atoms with Gasteiger partial charge in [0.05, 0.1) is 41.3 Å². The van der Waals surface area contributed by atoms with Crippen LogP contribution >= 0.6 is 0 Å². The summed E-state index contributed by atoms with van der Waals surface area (Å²) >= 11 is 0. The lowest BCUT2D eigenvalue weighted by Gasteiger charge is -2.25. The predicted octanol–water partition coefficient (Wildman–Crippen LogP) is 2.83. The molecule has 1 aliphatic heterocycles. The SMILES string of the molecule is CCc1nn(C(C)C)c2c1C(c1ccc(-n3ccnn3)cc1)C(C#N)=C(N)O2. The fourth-order valence-electron chi connectivity index (χ4n) is 3.54. The maximum absolute atomic E-state index is 9.79. The summed E-state index contributed by atoms with van der Waals surface area (Å²) < 4.78 is 9.38. The number of hydrogen-bond donors (Lipinski definition) is 1. The van der Waals surface area contributed by atoms with Crippen molar-refractivity contribution in [1.29, 1.82) is 5.26 Å². The molecule has 0 saturated heterocycles. The molecule has 0 aliphatic carbocycles. The molecule has 0 saturated carbocycles. The van der Waals surface area contributed by atoms with Gasteiger partial charge in [0.1, 0.15) is 11.6 Å². The number of aromatic nitrogens is 5. The molecule has 1 unspecified atom stereocenters. The lowest BCUT2D eigenvalue weighted by Crippen LogP contribution is -2.22. The molecule has 8 heteroatoms.